The summed E-state index contributed by atoms with van der Waals surface area (Å²) in [6, 6.07) is 3.68. The zero-order valence-electron chi connectivity index (χ0n) is 14.5. The Labute approximate surface area is 153 Å². The average Bonchev–Trinajstić information content (AvgIpc) is 3.35. The van der Waals surface area contributed by atoms with E-state index in [9.17, 15) is 9.59 Å². The third-order valence-electron chi connectivity index (χ3n) is 5.26. The molecule has 3 heterocycles. The molecule has 1 aromatic carbocycles. The topological polar surface area (TPSA) is 131 Å². The Morgan fingerprint density at radius 1 is 0.852 bits per heavy atom. The van der Waals surface area contributed by atoms with E-state index in [1.807, 2.05) is 12.3 Å². The first-order valence-electron chi connectivity index (χ1n) is 8.91. The summed E-state index contributed by atoms with van der Waals surface area (Å²) >= 11 is 0. The van der Waals surface area contributed by atoms with Crippen molar-refractivity contribution in [2.45, 2.75) is 12.8 Å². The fraction of sp³-hybridized carbons (Fsp3) is 0.200. The summed E-state index contributed by atoms with van der Waals surface area (Å²) in [5.74, 6) is -0.397. The van der Waals surface area contributed by atoms with Crippen LogP contribution < -0.4 is 11.5 Å². The van der Waals surface area contributed by atoms with Crippen LogP contribution in [0.3, 0.4) is 0 Å². The van der Waals surface area contributed by atoms with Crippen LogP contribution in [-0.4, -0.2) is 34.6 Å². The minimum Gasteiger partial charge on any atom is -0.452 e. The van der Waals surface area contributed by atoms with Crippen LogP contribution in [0.5, 0.6) is 0 Å². The number of carbonyl (C=O) groups excluding carboxylic acids is 2. The van der Waals surface area contributed by atoms with Gasteiger partial charge in [0.1, 0.15) is 5.58 Å². The fourth-order valence-electron chi connectivity index (χ4n) is 4.11. The van der Waals surface area contributed by atoms with E-state index in [2.05, 4.69) is 9.97 Å². The molecule has 0 radical (unpaired) electrons. The van der Waals surface area contributed by atoms with Crippen molar-refractivity contribution in [3.63, 3.8) is 0 Å². The van der Waals surface area contributed by atoms with Crippen LogP contribution in [0.2, 0.25) is 0 Å². The second-order valence-electron chi connectivity index (χ2n) is 6.78. The van der Waals surface area contributed by atoms with Gasteiger partial charge in [0.05, 0.1) is 16.8 Å². The van der Waals surface area contributed by atoms with Gasteiger partial charge in [-0.05, 0) is 49.2 Å². The summed E-state index contributed by atoms with van der Waals surface area (Å²) in [5.41, 5.74) is 15.5. The van der Waals surface area contributed by atoms with Crippen LogP contribution in [0.4, 0.5) is 0 Å². The summed E-state index contributed by atoms with van der Waals surface area (Å²) in [4.78, 5) is 32.6. The Morgan fingerprint density at radius 2 is 1.59 bits per heavy atom. The fourth-order valence-corrected chi connectivity index (χ4v) is 4.11. The zero-order chi connectivity index (χ0) is 18.7. The number of hydrogen-bond donors (Lipinski definition) is 4. The van der Waals surface area contributed by atoms with Crippen molar-refractivity contribution in [1.29, 1.82) is 0 Å². The van der Waals surface area contributed by atoms with Gasteiger partial charge in [0.15, 0.2) is 5.76 Å². The first-order chi connectivity index (χ1) is 13.2. The normalized spacial score (nSPS) is 13.6. The molecule has 7 nitrogen and oxygen atoms in total. The molecule has 136 valence electrons. The molecule has 1 aliphatic carbocycles. The van der Waals surface area contributed by atoms with E-state index in [1.165, 1.54) is 0 Å². The van der Waals surface area contributed by atoms with Crippen molar-refractivity contribution in [3.05, 3.63) is 58.2 Å². The summed E-state index contributed by atoms with van der Waals surface area (Å²) < 4.78 is 5.88. The Hall–Kier alpha value is -3.16. The quantitative estimate of drug-likeness (QED) is 0.388. The van der Waals surface area contributed by atoms with Crippen molar-refractivity contribution in [2.75, 3.05) is 13.1 Å². The van der Waals surface area contributed by atoms with Gasteiger partial charge in [-0.15, -0.1) is 0 Å². The molecule has 0 saturated carbocycles. The Bertz CT molecular complexity index is 1240. The molecule has 27 heavy (non-hydrogen) atoms. The van der Waals surface area contributed by atoms with Gasteiger partial charge in [-0.25, -0.2) is 0 Å². The summed E-state index contributed by atoms with van der Waals surface area (Å²) in [7, 11) is 0. The summed E-state index contributed by atoms with van der Waals surface area (Å²) in [6.07, 6.45) is 4.76. The van der Waals surface area contributed by atoms with Gasteiger partial charge in [-0.2, -0.15) is 0 Å². The predicted molar refractivity (Wildman–Crippen MR) is 101 cm³/mol. The van der Waals surface area contributed by atoms with Crippen molar-refractivity contribution < 1.29 is 14.0 Å². The average molecular weight is 362 g/mol. The Balaban J connectivity index is 1.84. The lowest BCUT2D eigenvalue weighted by atomic mass is 9.88. The highest BCUT2D eigenvalue weighted by Crippen LogP contribution is 2.40. The highest BCUT2D eigenvalue weighted by atomic mass is 16.3. The SMILES string of the molecule is NCCc1c[nH]c2c1C(=O)c1oc3ccc4[nH]cc(CCN)c4c3c1C2=O. The highest BCUT2D eigenvalue weighted by molar-refractivity contribution is 6.33. The van der Waals surface area contributed by atoms with Gasteiger partial charge < -0.3 is 25.9 Å². The number of furan rings is 1. The maximum atomic E-state index is 13.3. The maximum Gasteiger partial charge on any atom is 0.231 e. The van der Waals surface area contributed by atoms with Crippen LogP contribution in [0, 0.1) is 0 Å². The lowest BCUT2D eigenvalue weighted by Crippen LogP contribution is -2.20. The number of benzene rings is 1. The molecule has 0 spiro atoms. The van der Waals surface area contributed by atoms with Gasteiger partial charge >= 0.3 is 0 Å². The van der Waals surface area contributed by atoms with Gasteiger partial charge in [0.25, 0.3) is 0 Å². The van der Waals surface area contributed by atoms with E-state index >= 15 is 0 Å². The van der Waals surface area contributed by atoms with Gasteiger partial charge in [-0.1, -0.05) is 0 Å². The van der Waals surface area contributed by atoms with E-state index in [0.717, 1.165) is 22.0 Å². The van der Waals surface area contributed by atoms with Crippen molar-refractivity contribution in [3.8, 4) is 0 Å². The molecular weight excluding hydrogens is 344 g/mol. The minimum absolute atomic E-state index is 0.104. The second-order valence-corrected chi connectivity index (χ2v) is 6.78. The number of nitrogens with two attached hydrogens (primary N) is 2. The molecular formula is C20H18N4O3. The molecule has 0 atom stereocenters. The molecule has 6 N–H and O–H groups in total. The molecule has 0 fully saturated rings. The lowest BCUT2D eigenvalue weighted by molar-refractivity contribution is 0.0960. The second kappa shape index (κ2) is 5.67. The first-order valence-corrected chi connectivity index (χ1v) is 8.91. The van der Waals surface area contributed by atoms with Crippen molar-refractivity contribution in [1.82, 2.24) is 9.97 Å². The van der Waals surface area contributed by atoms with Crippen molar-refractivity contribution in [2.24, 2.45) is 11.5 Å². The molecule has 0 saturated heterocycles. The molecule has 0 bridgehead atoms. The number of H-pyrrole nitrogens is 2. The molecule has 1 aliphatic rings. The predicted octanol–water partition coefficient (Wildman–Crippen LogP) is 2.02. The molecule has 5 rings (SSSR count). The number of aromatic nitrogens is 2. The minimum atomic E-state index is -0.274. The largest absolute Gasteiger partial charge is 0.452 e. The maximum absolute atomic E-state index is 13.3. The van der Waals surface area contributed by atoms with Gasteiger partial charge in [0.2, 0.25) is 11.6 Å². The lowest BCUT2D eigenvalue weighted by Gasteiger charge is -2.11. The molecule has 4 aromatic rings. The number of carbonyl (C=O) groups is 2. The zero-order valence-corrected chi connectivity index (χ0v) is 14.5. The third kappa shape index (κ3) is 2.03. The van der Waals surface area contributed by atoms with Crippen LogP contribution in [0.15, 0.2) is 28.9 Å². The van der Waals surface area contributed by atoms with Crippen molar-refractivity contribution >= 4 is 33.4 Å². The number of fused-ring (bicyclic) bond motifs is 6. The van der Waals surface area contributed by atoms with Crippen LogP contribution in [0.25, 0.3) is 21.9 Å². The number of rotatable bonds is 4. The summed E-state index contributed by atoms with van der Waals surface area (Å²) in [6.45, 7) is 0.880. The Morgan fingerprint density at radius 3 is 2.37 bits per heavy atom. The van der Waals surface area contributed by atoms with E-state index in [-0.39, 0.29) is 17.3 Å². The molecule has 7 heteroatoms. The first kappa shape index (κ1) is 16.0. The van der Waals surface area contributed by atoms with E-state index < -0.39 is 0 Å². The standard InChI is InChI=1S/C20H18N4O3/c21-5-3-9-7-23-11-1-2-12-15(13(9)11)16-18(25)17-14(19(26)20(16)27-12)10(4-6-22)8-24-17/h1-2,7-8,23-24H,3-6,21-22H2. The molecule has 0 amide bonds. The molecule has 3 aromatic heterocycles. The summed E-state index contributed by atoms with van der Waals surface area (Å²) in [5, 5.41) is 1.56. The van der Waals surface area contributed by atoms with E-state index in [4.69, 9.17) is 15.9 Å². The number of nitrogens with one attached hydrogen (secondary N) is 2. The monoisotopic (exact) mass is 362 g/mol. The third-order valence-corrected chi connectivity index (χ3v) is 5.26. The smallest absolute Gasteiger partial charge is 0.231 e. The van der Waals surface area contributed by atoms with E-state index in [1.54, 1.807) is 12.3 Å². The number of aromatic amines is 2. The van der Waals surface area contributed by atoms with Crippen LogP contribution in [-0.2, 0) is 12.8 Å². The number of hydrogen-bond acceptors (Lipinski definition) is 5. The number of ketones is 2. The van der Waals surface area contributed by atoms with Crippen LogP contribution >= 0.6 is 0 Å². The molecule has 0 aliphatic heterocycles. The van der Waals surface area contributed by atoms with E-state index in [0.29, 0.717) is 53.7 Å². The van der Waals surface area contributed by atoms with Gasteiger partial charge in [0, 0.05) is 28.7 Å². The highest BCUT2D eigenvalue weighted by Gasteiger charge is 2.38. The van der Waals surface area contributed by atoms with Gasteiger partial charge in [-0.3, -0.25) is 9.59 Å². The Kier molecular flexibility index (Phi) is 3.37. The molecule has 0 unspecified atom stereocenters. The van der Waals surface area contributed by atoms with Crippen LogP contribution in [0.1, 0.15) is 43.3 Å².